The van der Waals surface area contributed by atoms with Crippen LogP contribution < -0.4 is 4.74 Å². The van der Waals surface area contributed by atoms with Crippen molar-refractivity contribution in [3.8, 4) is 5.75 Å². The first-order valence-corrected chi connectivity index (χ1v) is 9.98. The van der Waals surface area contributed by atoms with Crippen molar-refractivity contribution in [2.75, 3.05) is 6.54 Å². The van der Waals surface area contributed by atoms with Crippen molar-refractivity contribution >= 4 is 35.4 Å². The van der Waals surface area contributed by atoms with E-state index in [0.29, 0.717) is 21.9 Å². The van der Waals surface area contributed by atoms with E-state index in [9.17, 15) is 19.2 Å². The van der Waals surface area contributed by atoms with E-state index in [1.54, 1.807) is 72.8 Å². The molecular formula is C24H16ClNO6. The summed E-state index contributed by atoms with van der Waals surface area (Å²) in [5.41, 5.74) is 1.49. The number of hydrogen-bond donors (Lipinski definition) is 0. The molecule has 0 unspecified atom stereocenters. The molecule has 0 radical (unpaired) electrons. The number of nitrogens with zero attached hydrogens (tertiary/aromatic N) is 1. The predicted octanol–water partition coefficient (Wildman–Crippen LogP) is 3.90. The first-order valence-electron chi connectivity index (χ1n) is 9.60. The number of ether oxygens (including phenoxy) is 2. The van der Waals surface area contributed by atoms with Gasteiger partial charge in [-0.25, -0.2) is 4.79 Å². The van der Waals surface area contributed by atoms with E-state index in [1.165, 1.54) is 0 Å². The summed E-state index contributed by atoms with van der Waals surface area (Å²) in [6.45, 7) is -0.549. The largest absolute Gasteiger partial charge is 0.459 e. The molecule has 0 spiro atoms. The number of hydrogen-bond acceptors (Lipinski definition) is 6. The molecule has 3 aromatic carbocycles. The molecule has 0 aromatic heterocycles. The number of carbonyl (C=O) groups is 4. The molecular weight excluding hydrogens is 434 g/mol. The van der Waals surface area contributed by atoms with Gasteiger partial charge in [0.1, 0.15) is 18.9 Å². The molecule has 0 bridgehead atoms. The molecule has 1 heterocycles. The van der Waals surface area contributed by atoms with Crippen LogP contribution in [0.3, 0.4) is 0 Å². The van der Waals surface area contributed by atoms with Crippen molar-refractivity contribution in [1.29, 1.82) is 0 Å². The molecule has 0 saturated heterocycles. The maximum atomic E-state index is 12.3. The highest BCUT2D eigenvalue weighted by molar-refractivity contribution is 6.30. The van der Waals surface area contributed by atoms with Gasteiger partial charge in [-0.1, -0.05) is 35.9 Å². The first-order chi connectivity index (χ1) is 15.4. The smallest absolute Gasteiger partial charge is 0.343 e. The Balaban J connectivity index is 1.30. The van der Waals surface area contributed by atoms with E-state index >= 15 is 0 Å². The van der Waals surface area contributed by atoms with Gasteiger partial charge in [0, 0.05) is 5.02 Å². The predicted molar refractivity (Wildman–Crippen MR) is 114 cm³/mol. The van der Waals surface area contributed by atoms with Gasteiger partial charge < -0.3 is 9.47 Å². The van der Waals surface area contributed by atoms with E-state index in [4.69, 9.17) is 21.1 Å². The van der Waals surface area contributed by atoms with Gasteiger partial charge in [-0.15, -0.1) is 0 Å². The molecule has 0 saturated carbocycles. The summed E-state index contributed by atoms with van der Waals surface area (Å²) in [6.07, 6.45) is 0. The number of carbonyl (C=O) groups excluding carboxylic acids is 4. The summed E-state index contributed by atoms with van der Waals surface area (Å²) in [5.74, 6) is -1.94. The Kier molecular flexibility index (Phi) is 6.00. The van der Waals surface area contributed by atoms with Gasteiger partial charge >= 0.3 is 11.9 Å². The van der Waals surface area contributed by atoms with Crippen LogP contribution in [0.2, 0.25) is 5.02 Å². The monoisotopic (exact) mass is 449 g/mol. The lowest BCUT2D eigenvalue weighted by molar-refractivity contribution is -0.145. The molecule has 1 aliphatic rings. The SMILES string of the molecule is O=C(CN1C(=O)c2ccccc2C1=O)OCc1ccc(C(=O)Oc2ccc(Cl)cc2)cc1. The van der Waals surface area contributed by atoms with Gasteiger partial charge in [0.15, 0.2) is 0 Å². The van der Waals surface area contributed by atoms with Crippen LogP contribution in [-0.2, 0) is 16.1 Å². The second-order valence-electron chi connectivity index (χ2n) is 6.94. The second-order valence-corrected chi connectivity index (χ2v) is 7.38. The van der Waals surface area contributed by atoms with Crippen molar-refractivity contribution in [2.45, 2.75) is 6.61 Å². The van der Waals surface area contributed by atoms with Crippen LogP contribution in [0.5, 0.6) is 5.75 Å². The summed E-state index contributed by atoms with van der Waals surface area (Å²) in [4.78, 5) is 49.9. The van der Waals surface area contributed by atoms with Gasteiger partial charge in [0.2, 0.25) is 0 Å². The Morgan fingerprint density at radius 1 is 0.812 bits per heavy atom. The minimum absolute atomic E-state index is 0.0749. The van der Waals surface area contributed by atoms with Crippen LogP contribution in [0.25, 0.3) is 0 Å². The van der Waals surface area contributed by atoms with Gasteiger partial charge in [-0.3, -0.25) is 19.3 Å². The van der Waals surface area contributed by atoms with Crippen molar-refractivity contribution < 1.29 is 28.7 Å². The Labute approximate surface area is 188 Å². The van der Waals surface area contributed by atoms with Crippen molar-refractivity contribution in [3.05, 3.63) is 100 Å². The third-order valence-electron chi connectivity index (χ3n) is 4.78. The summed E-state index contributed by atoms with van der Waals surface area (Å²) >= 11 is 5.81. The van der Waals surface area contributed by atoms with Crippen molar-refractivity contribution in [1.82, 2.24) is 4.90 Å². The fourth-order valence-corrected chi connectivity index (χ4v) is 3.25. The highest BCUT2D eigenvalue weighted by Gasteiger charge is 2.36. The second kappa shape index (κ2) is 9.03. The lowest BCUT2D eigenvalue weighted by Gasteiger charge is -2.13. The van der Waals surface area contributed by atoms with E-state index in [2.05, 4.69) is 0 Å². The number of rotatable bonds is 6. The third-order valence-corrected chi connectivity index (χ3v) is 5.03. The van der Waals surface area contributed by atoms with E-state index in [1.807, 2.05) is 0 Å². The van der Waals surface area contributed by atoms with Gasteiger partial charge in [-0.2, -0.15) is 0 Å². The average molecular weight is 450 g/mol. The van der Waals surface area contributed by atoms with Crippen molar-refractivity contribution in [3.63, 3.8) is 0 Å². The van der Waals surface area contributed by atoms with Crippen LogP contribution in [0.1, 0.15) is 36.6 Å². The number of amides is 2. The minimum Gasteiger partial charge on any atom is -0.459 e. The van der Waals surface area contributed by atoms with Crippen LogP contribution in [-0.4, -0.2) is 35.2 Å². The molecule has 0 N–H and O–H groups in total. The average Bonchev–Trinajstić information content (AvgIpc) is 3.04. The van der Waals surface area contributed by atoms with Gasteiger partial charge in [0.25, 0.3) is 11.8 Å². The van der Waals surface area contributed by atoms with Gasteiger partial charge in [-0.05, 0) is 54.1 Å². The zero-order valence-corrected chi connectivity index (χ0v) is 17.4. The zero-order chi connectivity index (χ0) is 22.7. The van der Waals surface area contributed by atoms with E-state index < -0.39 is 30.3 Å². The molecule has 1 aliphatic heterocycles. The highest BCUT2D eigenvalue weighted by Crippen LogP contribution is 2.22. The van der Waals surface area contributed by atoms with Crippen molar-refractivity contribution in [2.24, 2.45) is 0 Å². The summed E-state index contributed by atoms with van der Waals surface area (Å²) < 4.78 is 10.4. The molecule has 0 aliphatic carbocycles. The quantitative estimate of drug-likeness (QED) is 0.322. The molecule has 4 rings (SSSR count). The number of halogens is 1. The maximum Gasteiger partial charge on any atom is 0.343 e. The topological polar surface area (TPSA) is 90.0 Å². The summed E-state index contributed by atoms with van der Waals surface area (Å²) in [5, 5.41) is 0.534. The number of esters is 2. The molecule has 32 heavy (non-hydrogen) atoms. The Morgan fingerprint density at radius 3 is 2.00 bits per heavy atom. The molecule has 2 amide bonds. The van der Waals surface area contributed by atoms with Crippen LogP contribution in [0.15, 0.2) is 72.8 Å². The minimum atomic E-state index is -0.717. The fraction of sp³-hybridized carbons (Fsp3) is 0.0833. The Hall–Kier alpha value is -3.97. The third kappa shape index (κ3) is 4.53. The molecule has 3 aromatic rings. The Bertz CT molecular complexity index is 1170. The highest BCUT2D eigenvalue weighted by atomic mass is 35.5. The number of fused-ring (bicyclic) bond motifs is 1. The van der Waals surface area contributed by atoms with Crippen LogP contribution >= 0.6 is 11.6 Å². The normalized spacial score (nSPS) is 12.5. The van der Waals surface area contributed by atoms with Crippen LogP contribution in [0.4, 0.5) is 0 Å². The van der Waals surface area contributed by atoms with Gasteiger partial charge in [0.05, 0.1) is 16.7 Å². The molecule has 7 nitrogen and oxygen atoms in total. The lowest BCUT2D eigenvalue weighted by Crippen LogP contribution is -2.35. The standard InChI is InChI=1S/C24H16ClNO6/c25-17-9-11-18(12-10-17)32-24(30)16-7-5-15(6-8-16)14-31-21(27)13-26-22(28)19-3-1-2-4-20(19)23(26)29/h1-12H,13-14H2. The number of benzene rings is 3. The molecule has 8 heteroatoms. The Morgan fingerprint density at radius 2 is 1.41 bits per heavy atom. The summed E-state index contributed by atoms with van der Waals surface area (Å²) in [7, 11) is 0. The fourth-order valence-electron chi connectivity index (χ4n) is 3.13. The maximum absolute atomic E-state index is 12.3. The van der Waals surface area contributed by atoms with E-state index in [-0.39, 0.29) is 17.7 Å². The molecule has 160 valence electrons. The first kappa shape index (κ1) is 21.3. The molecule has 0 atom stereocenters. The lowest BCUT2D eigenvalue weighted by atomic mass is 10.1. The number of imide groups is 1. The van der Waals surface area contributed by atoms with Crippen LogP contribution in [0, 0.1) is 0 Å². The van der Waals surface area contributed by atoms with E-state index in [0.717, 1.165) is 4.90 Å². The molecule has 0 fully saturated rings. The zero-order valence-electron chi connectivity index (χ0n) is 16.6. The summed E-state index contributed by atoms with van der Waals surface area (Å²) in [6, 6.07) is 19.1.